The first-order valence-corrected chi connectivity index (χ1v) is 8.78. The van der Waals surface area contributed by atoms with Crippen LogP contribution in [-0.2, 0) is 14.3 Å². The van der Waals surface area contributed by atoms with Crippen molar-refractivity contribution in [2.75, 3.05) is 25.1 Å². The molecule has 148 valence electrons. The number of benzene rings is 2. The van der Waals surface area contributed by atoms with E-state index < -0.39 is 30.1 Å². The standard InChI is InChI=1S/C20H19F2NO5/c21-14-5-8-17(22)18(10-14)23-19(24)12-28-20(25)13-3-6-15(7-4-13)27-11-16-2-1-9-26-16/h3-8,10,16H,1-2,9,11-12H2,(H,23,24)/t16-/m0/s1. The molecule has 1 aliphatic rings. The molecule has 6 nitrogen and oxygen atoms in total. The van der Waals surface area contributed by atoms with E-state index in [4.69, 9.17) is 14.2 Å². The van der Waals surface area contributed by atoms with Gasteiger partial charge in [0.1, 0.15) is 24.0 Å². The Hall–Kier alpha value is -3.00. The number of nitrogens with one attached hydrogen (secondary N) is 1. The van der Waals surface area contributed by atoms with Crippen molar-refractivity contribution in [3.05, 3.63) is 59.7 Å². The number of halogens is 2. The molecule has 0 saturated carbocycles. The molecule has 1 amide bonds. The molecule has 0 aromatic heterocycles. The first-order valence-electron chi connectivity index (χ1n) is 8.78. The van der Waals surface area contributed by atoms with Crippen molar-refractivity contribution in [1.82, 2.24) is 0 Å². The van der Waals surface area contributed by atoms with Gasteiger partial charge in [0, 0.05) is 12.7 Å². The van der Waals surface area contributed by atoms with Crippen LogP contribution >= 0.6 is 0 Å². The summed E-state index contributed by atoms with van der Waals surface area (Å²) in [5, 5.41) is 2.15. The van der Waals surface area contributed by atoms with Gasteiger partial charge in [0.25, 0.3) is 5.91 Å². The lowest BCUT2D eigenvalue weighted by Gasteiger charge is -2.11. The number of hydrogen-bond acceptors (Lipinski definition) is 5. The predicted molar refractivity (Wildman–Crippen MR) is 96.2 cm³/mol. The number of rotatable bonds is 7. The lowest BCUT2D eigenvalue weighted by atomic mass is 10.2. The first-order chi connectivity index (χ1) is 13.5. The molecule has 3 rings (SSSR count). The number of ether oxygens (including phenoxy) is 3. The van der Waals surface area contributed by atoms with Crippen molar-refractivity contribution in [2.24, 2.45) is 0 Å². The average Bonchev–Trinajstić information content (AvgIpc) is 3.21. The second-order valence-corrected chi connectivity index (χ2v) is 6.22. The molecular formula is C20H19F2NO5. The van der Waals surface area contributed by atoms with E-state index in [1.165, 1.54) is 12.1 Å². The third-order valence-electron chi connectivity index (χ3n) is 4.09. The van der Waals surface area contributed by atoms with E-state index in [0.717, 1.165) is 37.6 Å². The fourth-order valence-electron chi connectivity index (χ4n) is 2.65. The number of hydrogen-bond donors (Lipinski definition) is 1. The molecule has 1 N–H and O–H groups in total. The molecule has 0 bridgehead atoms. The summed E-state index contributed by atoms with van der Waals surface area (Å²) in [7, 11) is 0. The van der Waals surface area contributed by atoms with Gasteiger partial charge in [-0.05, 0) is 49.2 Å². The third kappa shape index (κ3) is 5.50. The Kier molecular flexibility index (Phi) is 6.54. The van der Waals surface area contributed by atoms with Crippen LogP contribution in [0.3, 0.4) is 0 Å². The second kappa shape index (κ2) is 9.27. The van der Waals surface area contributed by atoms with Gasteiger partial charge in [-0.1, -0.05) is 0 Å². The lowest BCUT2D eigenvalue weighted by molar-refractivity contribution is -0.119. The summed E-state index contributed by atoms with van der Waals surface area (Å²) in [5.41, 5.74) is -0.0944. The third-order valence-corrected chi connectivity index (χ3v) is 4.09. The van der Waals surface area contributed by atoms with Gasteiger partial charge in [0.2, 0.25) is 0 Å². The minimum atomic E-state index is -0.792. The maximum absolute atomic E-state index is 13.5. The molecule has 8 heteroatoms. The van der Waals surface area contributed by atoms with Crippen molar-refractivity contribution >= 4 is 17.6 Å². The van der Waals surface area contributed by atoms with Gasteiger partial charge >= 0.3 is 5.97 Å². The zero-order valence-electron chi connectivity index (χ0n) is 15.0. The Bertz CT molecular complexity index is 835. The number of amides is 1. The fraction of sp³-hybridized carbons (Fsp3) is 0.300. The highest BCUT2D eigenvalue weighted by atomic mass is 19.1. The summed E-state index contributed by atoms with van der Waals surface area (Å²) in [5.74, 6) is -2.41. The van der Waals surface area contributed by atoms with Crippen molar-refractivity contribution in [3.63, 3.8) is 0 Å². The topological polar surface area (TPSA) is 73.9 Å². The number of carbonyl (C=O) groups is 2. The highest BCUT2D eigenvalue weighted by Gasteiger charge is 2.16. The molecule has 28 heavy (non-hydrogen) atoms. The van der Waals surface area contributed by atoms with Gasteiger partial charge in [0.05, 0.1) is 17.4 Å². The Morgan fingerprint density at radius 2 is 1.93 bits per heavy atom. The highest BCUT2D eigenvalue weighted by Crippen LogP contribution is 2.17. The Morgan fingerprint density at radius 1 is 1.14 bits per heavy atom. The largest absolute Gasteiger partial charge is 0.491 e. The molecule has 2 aromatic rings. The zero-order valence-corrected chi connectivity index (χ0v) is 15.0. The van der Waals surface area contributed by atoms with E-state index in [9.17, 15) is 18.4 Å². The Labute approximate surface area is 160 Å². The van der Waals surface area contributed by atoms with Gasteiger partial charge in [-0.2, -0.15) is 0 Å². The van der Waals surface area contributed by atoms with Crippen LogP contribution in [0.2, 0.25) is 0 Å². The first kappa shape index (κ1) is 19.8. The van der Waals surface area contributed by atoms with E-state index in [0.29, 0.717) is 12.4 Å². The van der Waals surface area contributed by atoms with Crippen LogP contribution < -0.4 is 10.1 Å². The van der Waals surface area contributed by atoms with Crippen LogP contribution in [0, 0.1) is 11.6 Å². The molecule has 1 fully saturated rings. The number of esters is 1. The molecule has 2 aromatic carbocycles. The minimum Gasteiger partial charge on any atom is -0.491 e. The van der Waals surface area contributed by atoms with Crippen LogP contribution in [0.25, 0.3) is 0 Å². The van der Waals surface area contributed by atoms with Crippen molar-refractivity contribution < 1.29 is 32.6 Å². The van der Waals surface area contributed by atoms with Gasteiger partial charge in [-0.3, -0.25) is 4.79 Å². The van der Waals surface area contributed by atoms with Gasteiger partial charge in [0.15, 0.2) is 6.61 Å². The molecule has 1 heterocycles. The van der Waals surface area contributed by atoms with Crippen LogP contribution in [-0.4, -0.2) is 37.8 Å². The van der Waals surface area contributed by atoms with Crippen LogP contribution in [0.1, 0.15) is 23.2 Å². The van der Waals surface area contributed by atoms with Crippen molar-refractivity contribution in [3.8, 4) is 5.75 Å². The summed E-state index contributed by atoms with van der Waals surface area (Å²) >= 11 is 0. The molecule has 1 atom stereocenters. The summed E-state index contributed by atoms with van der Waals surface area (Å²) < 4.78 is 42.5. The summed E-state index contributed by atoms with van der Waals surface area (Å²) in [6, 6.07) is 8.92. The van der Waals surface area contributed by atoms with E-state index in [2.05, 4.69) is 5.32 Å². The maximum atomic E-state index is 13.5. The molecular weight excluding hydrogens is 372 g/mol. The van der Waals surface area contributed by atoms with Crippen LogP contribution in [0.4, 0.5) is 14.5 Å². The lowest BCUT2D eigenvalue weighted by Crippen LogP contribution is -2.21. The van der Waals surface area contributed by atoms with Crippen molar-refractivity contribution in [1.29, 1.82) is 0 Å². The van der Waals surface area contributed by atoms with Crippen LogP contribution in [0.15, 0.2) is 42.5 Å². The van der Waals surface area contributed by atoms with Crippen molar-refractivity contribution in [2.45, 2.75) is 18.9 Å². The predicted octanol–water partition coefficient (Wildman–Crippen LogP) is 3.32. The Morgan fingerprint density at radius 3 is 2.64 bits per heavy atom. The molecule has 1 saturated heterocycles. The summed E-state index contributed by atoms with van der Waals surface area (Å²) in [6.45, 7) is 0.560. The monoisotopic (exact) mass is 391 g/mol. The molecule has 1 aliphatic heterocycles. The van der Waals surface area contributed by atoms with Gasteiger partial charge in [-0.15, -0.1) is 0 Å². The van der Waals surface area contributed by atoms with E-state index in [1.54, 1.807) is 12.1 Å². The number of anilines is 1. The van der Waals surface area contributed by atoms with E-state index in [-0.39, 0.29) is 17.4 Å². The zero-order chi connectivity index (χ0) is 19.9. The smallest absolute Gasteiger partial charge is 0.338 e. The quantitative estimate of drug-likeness (QED) is 0.733. The molecule has 0 radical (unpaired) electrons. The minimum absolute atomic E-state index is 0.0890. The average molecular weight is 391 g/mol. The highest BCUT2D eigenvalue weighted by molar-refractivity contribution is 5.95. The van der Waals surface area contributed by atoms with Crippen LogP contribution in [0.5, 0.6) is 5.75 Å². The van der Waals surface area contributed by atoms with E-state index >= 15 is 0 Å². The Balaban J connectivity index is 1.46. The molecule has 0 unspecified atom stereocenters. The maximum Gasteiger partial charge on any atom is 0.338 e. The second-order valence-electron chi connectivity index (χ2n) is 6.22. The molecule has 0 spiro atoms. The SMILES string of the molecule is O=C(COC(=O)c1ccc(OC[C@@H]2CCCO2)cc1)Nc1cc(F)ccc1F. The van der Waals surface area contributed by atoms with Gasteiger partial charge in [-0.25, -0.2) is 13.6 Å². The van der Waals surface area contributed by atoms with E-state index in [1.807, 2.05) is 0 Å². The summed E-state index contributed by atoms with van der Waals surface area (Å²) in [4.78, 5) is 23.8. The fourth-order valence-corrected chi connectivity index (χ4v) is 2.65. The van der Waals surface area contributed by atoms with Gasteiger partial charge < -0.3 is 19.5 Å². The summed E-state index contributed by atoms with van der Waals surface area (Å²) in [6.07, 6.45) is 2.08. The molecule has 0 aliphatic carbocycles. The number of carbonyl (C=O) groups excluding carboxylic acids is 2. The normalized spacial score (nSPS) is 15.9.